The molecule has 0 bridgehead atoms. The van der Waals surface area contributed by atoms with E-state index >= 15 is 0 Å². The topological polar surface area (TPSA) is 53.2 Å². The van der Waals surface area contributed by atoms with Crippen LogP contribution in [0.4, 0.5) is 0 Å². The van der Waals surface area contributed by atoms with Crippen molar-refractivity contribution in [3.05, 3.63) is 0 Å². The molecule has 1 fully saturated rings. The van der Waals surface area contributed by atoms with Crippen molar-refractivity contribution in [2.24, 2.45) is 5.92 Å². The Balaban J connectivity index is 2.20. The Morgan fingerprint density at radius 3 is 2.73 bits per heavy atom. The molecule has 1 unspecified atom stereocenters. The Kier molecular flexibility index (Phi) is 3.34. The third-order valence-corrected chi connectivity index (χ3v) is 2.09. The second-order valence-electron chi connectivity index (χ2n) is 2.84. The number of hydrogen-bond acceptors (Lipinski definition) is 3. The zero-order chi connectivity index (χ0) is 8.10. The fourth-order valence-corrected chi connectivity index (χ4v) is 1.20. The van der Waals surface area contributed by atoms with Crippen LogP contribution in [-0.4, -0.2) is 24.4 Å². The van der Waals surface area contributed by atoms with Crippen LogP contribution in [0, 0.1) is 17.2 Å². The summed E-state index contributed by atoms with van der Waals surface area (Å²) in [5, 5.41) is 17.1. The lowest BCUT2D eigenvalue weighted by Gasteiger charge is -2.29. The van der Waals surface area contributed by atoms with Crippen LogP contribution in [0.3, 0.4) is 0 Å². The van der Waals surface area contributed by atoms with Crippen molar-refractivity contribution in [3.63, 3.8) is 0 Å². The van der Waals surface area contributed by atoms with E-state index in [2.05, 4.69) is 6.07 Å². The first-order chi connectivity index (χ1) is 5.38. The van der Waals surface area contributed by atoms with Gasteiger partial charge in [0, 0.05) is 0 Å². The minimum absolute atomic E-state index is 0.00486. The SMILES string of the molecule is N#CC(OCCO)C1CCC1. The molecule has 62 valence electrons. The van der Waals surface area contributed by atoms with Crippen LogP contribution in [0.5, 0.6) is 0 Å². The van der Waals surface area contributed by atoms with Gasteiger partial charge in [0.25, 0.3) is 0 Å². The van der Waals surface area contributed by atoms with Gasteiger partial charge in [-0.2, -0.15) is 5.26 Å². The molecule has 3 heteroatoms. The third kappa shape index (κ3) is 2.18. The van der Waals surface area contributed by atoms with Crippen LogP contribution in [0.2, 0.25) is 0 Å². The molecule has 0 spiro atoms. The largest absolute Gasteiger partial charge is 0.394 e. The highest BCUT2D eigenvalue weighted by Gasteiger charge is 2.27. The first-order valence-electron chi connectivity index (χ1n) is 4.00. The lowest BCUT2D eigenvalue weighted by Crippen LogP contribution is -2.28. The summed E-state index contributed by atoms with van der Waals surface area (Å²) in [4.78, 5) is 0. The molecule has 0 aromatic carbocycles. The Bertz CT molecular complexity index is 149. The van der Waals surface area contributed by atoms with E-state index in [9.17, 15) is 0 Å². The van der Waals surface area contributed by atoms with E-state index in [1.54, 1.807) is 0 Å². The van der Waals surface area contributed by atoms with E-state index < -0.39 is 0 Å². The van der Waals surface area contributed by atoms with Crippen LogP contribution >= 0.6 is 0 Å². The van der Waals surface area contributed by atoms with Gasteiger partial charge in [0.05, 0.1) is 19.3 Å². The molecule has 0 radical (unpaired) electrons. The maximum atomic E-state index is 8.63. The fourth-order valence-electron chi connectivity index (χ4n) is 1.20. The van der Waals surface area contributed by atoms with E-state index in [-0.39, 0.29) is 19.3 Å². The van der Waals surface area contributed by atoms with Gasteiger partial charge in [-0.1, -0.05) is 6.42 Å². The minimum atomic E-state index is -0.282. The van der Waals surface area contributed by atoms with E-state index in [1.807, 2.05) is 0 Å². The number of nitriles is 1. The summed E-state index contributed by atoms with van der Waals surface area (Å²) in [7, 11) is 0. The van der Waals surface area contributed by atoms with Gasteiger partial charge in [-0.3, -0.25) is 0 Å². The summed E-state index contributed by atoms with van der Waals surface area (Å²) in [6, 6.07) is 2.11. The minimum Gasteiger partial charge on any atom is -0.394 e. The first-order valence-corrected chi connectivity index (χ1v) is 4.00. The Labute approximate surface area is 66.6 Å². The smallest absolute Gasteiger partial charge is 0.146 e. The molecular weight excluding hydrogens is 142 g/mol. The van der Waals surface area contributed by atoms with Gasteiger partial charge in [0.2, 0.25) is 0 Å². The molecule has 1 rings (SSSR count). The van der Waals surface area contributed by atoms with Crippen LogP contribution < -0.4 is 0 Å². The average Bonchev–Trinajstić information content (AvgIpc) is 1.93. The lowest BCUT2D eigenvalue weighted by molar-refractivity contribution is 0.00495. The molecule has 11 heavy (non-hydrogen) atoms. The normalized spacial score (nSPS) is 20.4. The summed E-state index contributed by atoms with van der Waals surface area (Å²) in [5.74, 6) is 0.423. The van der Waals surface area contributed by atoms with Crippen LogP contribution in [-0.2, 0) is 4.74 Å². The standard InChI is InChI=1S/C8H13NO2/c9-6-8(11-5-4-10)7-2-1-3-7/h7-8,10H,1-5H2. The number of nitrogens with zero attached hydrogens (tertiary/aromatic N) is 1. The maximum Gasteiger partial charge on any atom is 0.146 e. The van der Waals surface area contributed by atoms with Gasteiger partial charge in [-0.05, 0) is 18.8 Å². The van der Waals surface area contributed by atoms with Crippen LogP contribution in [0.15, 0.2) is 0 Å². The summed E-state index contributed by atoms with van der Waals surface area (Å²) < 4.78 is 5.13. The molecule has 3 nitrogen and oxygen atoms in total. The number of aliphatic hydroxyl groups excluding tert-OH is 1. The molecule has 1 aliphatic rings. The van der Waals surface area contributed by atoms with Crippen LogP contribution in [0.1, 0.15) is 19.3 Å². The van der Waals surface area contributed by atoms with Crippen molar-refractivity contribution in [2.45, 2.75) is 25.4 Å². The van der Waals surface area contributed by atoms with Gasteiger partial charge < -0.3 is 9.84 Å². The lowest BCUT2D eigenvalue weighted by atomic mass is 9.81. The molecule has 0 heterocycles. The first kappa shape index (κ1) is 8.51. The Morgan fingerprint density at radius 1 is 1.64 bits per heavy atom. The number of aliphatic hydroxyl groups is 1. The Morgan fingerprint density at radius 2 is 2.36 bits per heavy atom. The third-order valence-electron chi connectivity index (χ3n) is 2.09. The molecule has 1 N–H and O–H groups in total. The molecule has 0 aromatic rings. The maximum absolute atomic E-state index is 8.63. The highest BCUT2D eigenvalue weighted by atomic mass is 16.5. The van der Waals surface area contributed by atoms with Crippen molar-refractivity contribution >= 4 is 0 Å². The number of hydrogen-bond donors (Lipinski definition) is 1. The average molecular weight is 155 g/mol. The summed E-state index contributed by atoms with van der Waals surface area (Å²) >= 11 is 0. The van der Waals surface area contributed by atoms with E-state index in [0.717, 1.165) is 12.8 Å². The molecule has 1 aliphatic carbocycles. The summed E-state index contributed by atoms with van der Waals surface area (Å²) in [6.45, 7) is 0.291. The van der Waals surface area contributed by atoms with E-state index in [1.165, 1.54) is 6.42 Å². The highest BCUT2D eigenvalue weighted by molar-refractivity contribution is 4.93. The van der Waals surface area contributed by atoms with Gasteiger partial charge in [-0.25, -0.2) is 0 Å². The van der Waals surface area contributed by atoms with Crippen molar-refractivity contribution < 1.29 is 9.84 Å². The molecule has 1 saturated carbocycles. The predicted molar refractivity (Wildman–Crippen MR) is 39.8 cm³/mol. The van der Waals surface area contributed by atoms with Gasteiger partial charge >= 0.3 is 0 Å². The van der Waals surface area contributed by atoms with Crippen molar-refractivity contribution in [1.29, 1.82) is 5.26 Å². The molecule has 0 saturated heterocycles. The number of rotatable bonds is 4. The second-order valence-corrected chi connectivity index (χ2v) is 2.84. The fraction of sp³-hybridized carbons (Fsp3) is 0.875. The second kappa shape index (κ2) is 4.32. The van der Waals surface area contributed by atoms with Crippen molar-refractivity contribution in [3.8, 4) is 6.07 Å². The summed E-state index contributed by atoms with van der Waals surface area (Å²) in [5.41, 5.74) is 0. The molecular formula is C8H13NO2. The van der Waals surface area contributed by atoms with Gasteiger partial charge in [0.1, 0.15) is 6.10 Å². The number of ether oxygens (including phenoxy) is 1. The van der Waals surface area contributed by atoms with E-state index in [4.69, 9.17) is 15.1 Å². The molecule has 0 aliphatic heterocycles. The Hall–Kier alpha value is -0.590. The zero-order valence-electron chi connectivity index (χ0n) is 6.49. The van der Waals surface area contributed by atoms with Crippen molar-refractivity contribution in [2.75, 3.05) is 13.2 Å². The van der Waals surface area contributed by atoms with Gasteiger partial charge in [0.15, 0.2) is 0 Å². The quantitative estimate of drug-likeness (QED) is 0.649. The zero-order valence-corrected chi connectivity index (χ0v) is 6.49. The highest BCUT2D eigenvalue weighted by Crippen LogP contribution is 2.30. The summed E-state index contributed by atoms with van der Waals surface area (Å²) in [6.07, 6.45) is 3.13. The van der Waals surface area contributed by atoms with Gasteiger partial charge in [-0.15, -0.1) is 0 Å². The predicted octanol–water partition coefficient (Wildman–Crippen LogP) is 0.688. The van der Waals surface area contributed by atoms with Crippen LogP contribution in [0.25, 0.3) is 0 Å². The molecule has 0 aromatic heterocycles. The van der Waals surface area contributed by atoms with Crippen molar-refractivity contribution in [1.82, 2.24) is 0 Å². The monoisotopic (exact) mass is 155 g/mol. The molecule has 0 amide bonds. The molecule has 1 atom stereocenters. The van der Waals surface area contributed by atoms with E-state index in [0.29, 0.717) is 5.92 Å².